The monoisotopic (exact) mass is 329 g/mol. The fraction of sp³-hybridized carbons (Fsp3) is 0.0667. The number of nitrogens with zero attached hydrogens (tertiary/aromatic N) is 4. The third-order valence-corrected chi connectivity index (χ3v) is 3.33. The molecule has 0 fully saturated rings. The van der Waals surface area contributed by atoms with E-state index in [2.05, 4.69) is 20.4 Å². The first-order valence-corrected chi connectivity index (χ1v) is 7.03. The minimum Gasteiger partial charge on any atom is -0.496 e. The van der Waals surface area contributed by atoms with E-state index >= 15 is 0 Å². The van der Waals surface area contributed by atoms with Gasteiger partial charge in [-0.3, -0.25) is 9.78 Å². The van der Waals surface area contributed by atoms with Crippen molar-refractivity contribution in [2.45, 2.75) is 0 Å². The van der Waals surface area contributed by atoms with Gasteiger partial charge in [0.05, 0.1) is 17.7 Å². The van der Waals surface area contributed by atoms with E-state index in [1.165, 1.54) is 18.0 Å². The van der Waals surface area contributed by atoms with E-state index in [0.29, 0.717) is 28.0 Å². The lowest BCUT2D eigenvalue weighted by molar-refractivity contribution is 0.102. The Labute approximate surface area is 136 Å². The first kappa shape index (κ1) is 15.0. The molecule has 1 N–H and O–H groups in total. The molecule has 0 radical (unpaired) electrons. The highest BCUT2D eigenvalue weighted by molar-refractivity contribution is 6.32. The predicted molar refractivity (Wildman–Crippen MR) is 85.1 cm³/mol. The molecule has 1 amide bonds. The van der Waals surface area contributed by atoms with Crippen molar-refractivity contribution in [1.29, 1.82) is 0 Å². The van der Waals surface area contributed by atoms with E-state index in [9.17, 15) is 4.79 Å². The summed E-state index contributed by atoms with van der Waals surface area (Å²) in [4.78, 5) is 20.4. The number of hydrogen-bond acceptors (Lipinski definition) is 5. The molecule has 0 aromatic carbocycles. The zero-order valence-corrected chi connectivity index (χ0v) is 12.9. The van der Waals surface area contributed by atoms with Gasteiger partial charge in [-0.2, -0.15) is 0 Å². The largest absolute Gasteiger partial charge is 0.496 e. The quantitative estimate of drug-likeness (QED) is 0.795. The maximum absolute atomic E-state index is 12.3. The molecule has 0 aliphatic rings. The first-order valence-electron chi connectivity index (χ1n) is 6.65. The summed E-state index contributed by atoms with van der Waals surface area (Å²) in [6.45, 7) is 0. The van der Waals surface area contributed by atoms with Crippen molar-refractivity contribution in [2.75, 3.05) is 12.4 Å². The fourth-order valence-corrected chi connectivity index (χ4v) is 2.18. The third kappa shape index (κ3) is 3.14. The van der Waals surface area contributed by atoms with Crippen LogP contribution in [-0.4, -0.2) is 32.8 Å². The van der Waals surface area contributed by atoms with Crippen LogP contribution < -0.4 is 10.1 Å². The van der Waals surface area contributed by atoms with Crippen LogP contribution in [0.25, 0.3) is 5.82 Å². The van der Waals surface area contributed by atoms with Crippen molar-refractivity contribution >= 4 is 23.3 Å². The molecule has 7 nitrogen and oxygen atoms in total. The Balaban J connectivity index is 1.82. The van der Waals surface area contributed by atoms with Crippen LogP contribution in [0.4, 0.5) is 5.82 Å². The summed E-state index contributed by atoms with van der Waals surface area (Å²) in [5, 5.41) is 7.38. The second kappa shape index (κ2) is 6.45. The van der Waals surface area contributed by atoms with Crippen LogP contribution in [0.2, 0.25) is 5.02 Å². The molecule has 3 aromatic heterocycles. The summed E-state index contributed by atoms with van der Waals surface area (Å²) in [6.07, 6.45) is 6.25. The van der Waals surface area contributed by atoms with E-state index in [0.717, 1.165) is 0 Å². The Morgan fingerprint density at radius 1 is 1.30 bits per heavy atom. The van der Waals surface area contributed by atoms with Gasteiger partial charge in [-0.15, -0.1) is 5.10 Å². The highest BCUT2D eigenvalue weighted by Crippen LogP contribution is 2.19. The molecule has 0 aliphatic heterocycles. The van der Waals surface area contributed by atoms with E-state index < -0.39 is 0 Å². The van der Waals surface area contributed by atoms with E-state index in [-0.39, 0.29) is 5.91 Å². The molecule has 23 heavy (non-hydrogen) atoms. The lowest BCUT2D eigenvalue weighted by atomic mass is 10.2. The Morgan fingerprint density at radius 3 is 2.96 bits per heavy atom. The van der Waals surface area contributed by atoms with Gasteiger partial charge < -0.3 is 10.1 Å². The van der Waals surface area contributed by atoms with Crippen LogP contribution in [0.3, 0.4) is 0 Å². The van der Waals surface area contributed by atoms with E-state index in [1.54, 1.807) is 42.9 Å². The van der Waals surface area contributed by atoms with Gasteiger partial charge in [0.1, 0.15) is 5.75 Å². The lowest BCUT2D eigenvalue weighted by Crippen LogP contribution is -2.14. The number of ether oxygens (including phenoxy) is 1. The van der Waals surface area contributed by atoms with Gasteiger partial charge >= 0.3 is 0 Å². The zero-order chi connectivity index (χ0) is 16.2. The smallest absolute Gasteiger partial charge is 0.262 e. The fourth-order valence-electron chi connectivity index (χ4n) is 1.97. The van der Waals surface area contributed by atoms with Gasteiger partial charge in [-0.25, -0.2) is 9.67 Å². The number of hydrogen-bond donors (Lipinski definition) is 1. The molecular formula is C15H12ClN5O2. The molecule has 0 saturated carbocycles. The number of pyridine rings is 2. The predicted octanol–water partition coefficient (Wildman–Crippen LogP) is 2.58. The van der Waals surface area contributed by atoms with Crippen LogP contribution in [0.1, 0.15) is 10.4 Å². The molecule has 0 saturated heterocycles. The number of carbonyl (C=O) groups excluding carboxylic acids is 1. The minimum absolute atomic E-state index is 0.320. The summed E-state index contributed by atoms with van der Waals surface area (Å²) in [6, 6.07) is 6.70. The van der Waals surface area contributed by atoms with Gasteiger partial charge in [-0.1, -0.05) is 11.6 Å². The number of rotatable bonds is 4. The highest BCUT2D eigenvalue weighted by atomic mass is 35.5. The van der Waals surface area contributed by atoms with Crippen molar-refractivity contribution in [2.24, 2.45) is 0 Å². The van der Waals surface area contributed by atoms with Crippen molar-refractivity contribution in [3.05, 3.63) is 59.6 Å². The molecule has 0 unspecified atom stereocenters. The summed E-state index contributed by atoms with van der Waals surface area (Å²) in [7, 11) is 1.49. The molecule has 0 spiro atoms. The summed E-state index contributed by atoms with van der Waals surface area (Å²) >= 11 is 6.07. The van der Waals surface area contributed by atoms with Gasteiger partial charge in [0.15, 0.2) is 11.6 Å². The van der Waals surface area contributed by atoms with Gasteiger partial charge in [0.25, 0.3) is 5.91 Å². The molecule has 0 atom stereocenters. The van der Waals surface area contributed by atoms with Crippen molar-refractivity contribution in [3.8, 4) is 11.6 Å². The number of anilines is 1. The van der Waals surface area contributed by atoms with Gasteiger partial charge in [0, 0.05) is 30.9 Å². The highest BCUT2D eigenvalue weighted by Gasteiger charge is 2.14. The van der Waals surface area contributed by atoms with Crippen LogP contribution in [-0.2, 0) is 0 Å². The minimum atomic E-state index is -0.368. The van der Waals surface area contributed by atoms with Gasteiger partial charge in [-0.05, 0) is 18.2 Å². The maximum atomic E-state index is 12.3. The number of methoxy groups -OCH3 is 1. The van der Waals surface area contributed by atoms with Crippen LogP contribution in [0.15, 0.2) is 49.1 Å². The molecule has 116 valence electrons. The second-order valence-corrected chi connectivity index (χ2v) is 4.89. The summed E-state index contributed by atoms with van der Waals surface area (Å²) in [5.74, 6) is 0.910. The number of halogens is 1. The average Bonchev–Trinajstić information content (AvgIpc) is 3.03. The molecule has 0 bridgehead atoms. The van der Waals surface area contributed by atoms with E-state index in [1.807, 2.05) is 0 Å². The van der Waals surface area contributed by atoms with Gasteiger partial charge in [0.2, 0.25) is 0 Å². The van der Waals surface area contributed by atoms with Crippen molar-refractivity contribution in [1.82, 2.24) is 19.7 Å². The SMILES string of the molecule is COc1ccncc1C(=O)Nc1ccn(-c2ncccc2Cl)n1. The van der Waals surface area contributed by atoms with E-state index in [4.69, 9.17) is 16.3 Å². The van der Waals surface area contributed by atoms with Crippen LogP contribution >= 0.6 is 11.6 Å². The summed E-state index contributed by atoms with van der Waals surface area (Å²) < 4.78 is 6.63. The molecule has 8 heteroatoms. The second-order valence-electron chi connectivity index (χ2n) is 4.48. The Hall–Kier alpha value is -2.93. The molecule has 3 heterocycles. The number of nitrogens with one attached hydrogen (secondary N) is 1. The van der Waals surface area contributed by atoms with Crippen LogP contribution in [0.5, 0.6) is 5.75 Å². The van der Waals surface area contributed by atoms with Crippen molar-refractivity contribution in [3.63, 3.8) is 0 Å². The summed E-state index contributed by atoms with van der Waals surface area (Å²) in [5.41, 5.74) is 0.320. The Bertz CT molecular complexity index is 849. The Morgan fingerprint density at radius 2 is 2.17 bits per heavy atom. The molecule has 0 aliphatic carbocycles. The molecular weight excluding hydrogens is 318 g/mol. The average molecular weight is 330 g/mol. The number of amides is 1. The molecule has 3 aromatic rings. The van der Waals surface area contributed by atoms with Crippen LogP contribution in [0, 0.1) is 0 Å². The van der Waals surface area contributed by atoms with Crippen molar-refractivity contribution < 1.29 is 9.53 Å². The maximum Gasteiger partial charge on any atom is 0.262 e. The standard InChI is InChI=1S/C15H12ClN5O2/c1-23-12-4-7-17-9-10(12)15(22)19-13-5-8-21(20-13)14-11(16)3-2-6-18-14/h2-9H,1H3,(H,19,20,22). The number of carbonyl (C=O) groups is 1. The zero-order valence-electron chi connectivity index (χ0n) is 12.1. The number of aromatic nitrogens is 4. The normalized spacial score (nSPS) is 10.3. The first-order chi connectivity index (χ1) is 11.2. The lowest BCUT2D eigenvalue weighted by Gasteiger charge is -2.07. The third-order valence-electron chi connectivity index (χ3n) is 3.03. The topological polar surface area (TPSA) is 81.9 Å². The molecule has 3 rings (SSSR count). The Kier molecular flexibility index (Phi) is 4.20.